The summed E-state index contributed by atoms with van der Waals surface area (Å²) in [6, 6.07) is 8.04. The smallest absolute Gasteiger partial charge is 0.358 e. The number of carbonyl (C=O) groups is 1. The van der Waals surface area contributed by atoms with Gasteiger partial charge < -0.3 is 10.4 Å². The van der Waals surface area contributed by atoms with E-state index in [1.807, 2.05) is 31.2 Å². The van der Waals surface area contributed by atoms with Gasteiger partial charge in [-0.1, -0.05) is 17.3 Å². The minimum atomic E-state index is -1.06. The van der Waals surface area contributed by atoms with Crippen LogP contribution in [0.1, 0.15) is 16.1 Å². The molecule has 1 aromatic carbocycles. The minimum absolute atomic E-state index is 0.0365. The van der Waals surface area contributed by atoms with Crippen LogP contribution in [0.25, 0.3) is 0 Å². The molecule has 0 saturated heterocycles. The molecular weight excluding hydrogens is 232 g/mol. The van der Waals surface area contributed by atoms with Crippen molar-refractivity contribution in [1.82, 2.24) is 15.0 Å². The second-order valence-electron chi connectivity index (χ2n) is 3.97. The number of carboxylic acids is 1. The third-order valence-electron chi connectivity index (χ3n) is 2.45. The normalized spacial score (nSPS) is 10.3. The van der Waals surface area contributed by atoms with Crippen LogP contribution in [0.4, 0.5) is 5.69 Å². The molecule has 0 amide bonds. The zero-order valence-electron chi connectivity index (χ0n) is 10.00. The Kier molecular flexibility index (Phi) is 3.57. The molecule has 6 nitrogen and oxygen atoms in total. The maximum Gasteiger partial charge on any atom is 0.358 e. The van der Waals surface area contributed by atoms with Gasteiger partial charge in [-0.05, 0) is 24.6 Å². The lowest BCUT2D eigenvalue weighted by atomic mass is 10.2. The maximum absolute atomic E-state index is 10.6. The number of hydrogen-bond donors (Lipinski definition) is 2. The van der Waals surface area contributed by atoms with Crippen molar-refractivity contribution in [1.29, 1.82) is 0 Å². The van der Waals surface area contributed by atoms with Gasteiger partial charge in [-0.15, -0.1) is 5.10 Å². The Labute approximate surface area is 104 Å². The van der Waals surface area contributed by atoms with Crippen molar-refractivity contribution in [2.75, 3.05) is 11.9 Å². The summed E-state index contributed by atoms with van der Waals surface area (Å²) in [5, 5.41) is 19.2. The van der Waals surface area contributed by atoms with Crippen LogP contribution < -0.4 is 5.32 Å². The molecule has 0 fully saturated rings. The van der Waals surface area contributed by atoms with Crippen molar-refractivity contribution in [3.05, 3.63) is 41.7 Å². The van der Waals surface area contributed by atoms with Gasteiger partial charge in [0.15, 0.2) is 5.69 Å². The second kappa shape index (κ2) is 5.31. The molecule has 94 valence electrons. The van der Waals surface area contributed by atoms with Gasteiger partial charge in [-0.2, -0.15) is 0 Å². The molecule has 0 atom stereocenters. The molecule has 0 bridgehead atoms. The highest BCUT2D eigenvalue weighted by Gasteiger charge is 2.07. The predicted octanol–water partition coefficient (Wildman–Crippen LogP) is 1.40. The van der Waals surface area contributed by atoms with Crippen LogP contribution in [0, 0.1) is 6.92 Å². The van der Waals surface area contributed by atoms with E-state index in [4.69, 9.17) is 5.11 Å². The molecular formula is C12H14N4O2. The molecule has 0 aliphatic carbocycles. The van der Waals surface area contributed by atoms with Crippen molar-refractivity contribution >= 4 is 11.7 Å². The highest BCUT2D eigenvalue weighted by molar-refractivity contribution is 5.84. The number of benzene rings is 1. The van der Waals surface area contributed by atoms with Crippen LogP contribution >= 0.6 is 0 Å². The van der Waals surface area contributed by atoms with E-state index in [1.165, 1.54) is 16.4 Å². The SMILES string of the molecule is Cc1cccc(NCCn2cc(C(=O)O)nn2)c1. The van der Waals surface area contributed by atoms with Crippen molar-refractivity contribution in [2.24, 2.45) is 0 Å². The summed E-state index contributed by atoms with van der Waals surface area (Å²) < 4.78 is 1.51. The van der Waals surface area contributed by atoms with Crippen LogP contribution in [0.2, 0.25) is 0 Å². The number of nitrogens with zero attached hydrogens (tertiary/aromatic N) is 3. The fourth-order valence-electron chi connectivity index (χ4n) is 1.58. The Bertz CT molecular complexity index is 551. The van der Waals surface area contributed by atoms with Gasteiger partial charge in [0.25, 0.3) is 0 Å². The predicted molar refractivity (Wildman–Crippen MR) is 66.7 cm³/mol. The Morgan fingerprint density at radius 3 is 3.00 bits per heavy atom. The lowest BCUT2D eigenvalue weighted by Crippen LogP contribution is -2.11. The average Bonchev–Trinajstić information content (AvgIpc) is 2.78. The van der Waals surface area contributed by atoms with E-state index in [0.29, 0.717) is 13.1 Å². The van der Waals surface area contributed by atoms with Gasteiger partial charge >= 0.3 is 5.97 Å². The number of rotatable bonds is 5. The summed E-state index contributed by atoms with van der Waals surface area (Å²) in [5.74, 6) is -1.06. The highest BCUT2D eigenvalue weighted by atomic mass is 16.4. The van der Waals surface area contributed by atoms with E-state index in [9.17, 15) is 4.79 Å². The van der Waals surface area contributed by atoms with Gasteiger partial charge in [-0.25, -0.2) is 9.48 Å². The van der Waals surface area contributed by atoms with Gasteiger partial charge in [0.2, 0.25) is 0 Å². The zero-order valence-corrected chi connectivity index (χ0v) is 10.00. The van der Waals surface area contributed by atoms with Crippen LogP contribution in [0.5, 0.6) is 0 Å². The molecule has 2 aromatic rings. The molecule has 1 aromatic heterocycles. The molecule has 0 radical (unpaired) electrons. The molecule has 0 unspecified atom stereocenters. The third kappa shape index (κ3) is 3.07. The Balaban J connectivity index is 1.86. The van der Waals surface area contributed by atoms with E-state index in [-0.39, 0.29) is 5.69 Å². The number of aromatic nitrogens is 3. The van der Waals surface area contributed by atoms with Gasteiger partial charge in [0.05, 0.1) is 12.7 Å². The lowest BCUT2D eigenvalue weighted by Gasteiger charge is -2.06. The highest BCUT2D eigenvalue weighted by Crippen LogP contribution is 2.08. The summed E-state index contributed by atoms with van der Waals surface area (Å²) >= 11 is 0. The standard InChI is InChI=1S/C12H14N4O2/c1-9-3-2-4-10(7-9)13-5-6-16-8-11(12(17)18)14-15-16/h2-4,7-8,13H,5-6H2,1H3,(H,17,18). The molecule has 6 heteroatoms. The fraction of sp³-hybridized carbons (Fsp3) is 0.250. The zero-order chi connectivity index (χ0) is 13.0. The van der Waals surface area contributed by atoms with E-state index < -0.39 is 5.97 Å². The van der Waals surface area contributed by atoms with Crippen molar-refractivity contribution < 1.29 is 9.90 Å². The first-order valence-electron chi connectivity index (χ1n) is 5.59. The second-order valence-corrected chi connectivity index (χ2v) is 3.97. The quantitative estimate of drug-likeness (QED) is 0.833. The van der Waals surface area contributed by atoms with Crippen LogP contribution in [-0.2, 0) is 6.54 Å². The Hall–Kier alpha value is -2.37. The molecule has 2 N–H and O–H groups in total. The molecule has 0 aliphatic rings. The topological polar surface area (TPSA) is 80.0 Å². The number of aromatic carboxylic acids is 1. The molecule has 0 aliphatic heterocycles. The summed E-state index contributed by atoms with van der Waals surface area (Å²) in [5.41, 5.74) is 2.19. The van der Waals surface area contributed by atoms with E-state index in [2.05, 4.69) is 15.6 Å². The summed E-state index contributed by atoms with van der Waals surface area (Å²) in [7, 11) is 0. The van der Waals surface area contributed by atoms with Crippen LogP contribution in [0.3, 0.4) is 0 Å². The Morgan fingerprint density at radius 2 is 2.33 bits per heavy atom. The number of carboxylic acid groups (broad SMARTS) is 1. The van der Waals surface area contributed by atoms with Gasteiger partial charge in [0, 0.05) is 12.2 Å². The first-order chi connectivity index (χ1) is 8.65. The summed E-state index contributed by atoms with van der Waals surface area (Å²) in [6.45, 7) is 3.25. The molecule has 1 heterocycles. The first kappa shape index (κ1) is 12.1. The van der Waals surface area contributed by atoms with E-state index >= 15 is 0 Å². The largest absolute Gasteiger partial charge is 0.476 e. The number of hydrogen-bond acceptors (Lipinski definition) is 4. The van der Waals surface area contributed by atoms with E-state index in [1.54, 1.807) is 0 Å². The van der Waals surface area contributed by atoms with Crippen molar-refractivity contribution in [2.45, 2.75) is 13.5 Å². The van der Waals surface area contributed by atoms with Crippen molar-refractivity contribution in [3.63, 3.8) is 0 Å². The number of aryl methyl sites for hydroxylation is 1. The summed E-state index contributed by atoms with van der Waals surface area (Å²) in [4.78, 5) is 10.6. The Morgan fingerprint density at radius 1 is 1.50 bits per heavy atom. The molecule has 0 saturated carbocycles. The third-order valence-corrected chi connectivity index (χ3v) is 2.45. The average molecular weight is 246 g/mol. The van der Waals surface area contributed by atoms with Crippen LogP contribution in [-0.4, -0.2) is 32.6 Å². The summed E-state index contributed by atoms with van der Waals surface area (Å²) in [6.07, 6.45) is 1.42. The van der Waals surface area contributed by atoms with Crippen molar-refractivity contribution in [3.8, 4) is 0 Å². The monoisotopic (exact) mass is 246 g/mol. The van der Waals surface area contributed by atoms with Gasteiger partial charge in [0.1, 0.15) is 0 Å². The minimum Gasteiger partial charge on any atom is -0.476 e. The lowest BCUT2D eigenvalue weighted by molar-refractivity contribution is 0.0690. The molecule has 2 rings (SSSR count). The number of anilines is 1. The molecule has 18 heavy (non-hydrogen) atoms. The first-order valence-corrected chi connectivity index (χ1v) is 5.59. The van der Waals surface area contributed by atoms with Gasteiger partial charge in [-0.3, -0.25) is 0 Å². The fourth-order valence-corrected chi connectivity index (χ4v) is 1.58. The van der Waals surface area contributed by atoms with E-state index in [0.717, 1.165) is 5.69 Å². The maximum atomic E-state index is 10.6. The number of nitrogens with one attached hydrogen (secondary N) is 1. The molecule has 0 spiro atoms. The van der Waals surface area contributed by atoms with Crippen LogP contribution in [0.15, 0.2) is 30.5 Å².